The first kappa shape index (κ1) is 10.3. The van der Waals surface area contributed by atoms with Gasteiger partial charge >= 0.3 is 0 Å². The van der Waals surface area contributed by atoms with Gasteiger partial charge in [-0.25, -0.2) is 0 Å². The fourth-order valence-corrected chi connectivity index (χ4v) is 1.92. The standard InChI is InChI=1S/C7H11IN2OS/c1-7(2,3)11-4-5-9-10-6(8)12-5/h4H2,1-3H3. The topological polar surface area (TPSA) is 35.0 Å². The molecule has 0 spiro atoms. The van der Waals surface area contributed by atoms with Crippen LogP contribution in [0.1, 0.15) is 25.8 Å². The van der Waals surface area contributed by atoms with Gasteiger partial charge in [0.05, 0.1) is 5.60 Å². The van der Waals surface area contributed by atoms with Gasteiger partial charge in [-0.2, -0.15) is 0 Å². The van der Waals surface area contributed by atoms with Crippen LogP contribution in [0.25, 0.3) is 0 Å². The number of ether oxygens (including phenoxy) is 1. The second kappa shape index (κ2) is 3.97. The lowest BCUT2D eigenvalue weighted by Crippen LogP contribution is -2.18. The van der Waals surface area contributed by atoms with Gasteiger partial charge in [0.2, 0.25) is 0 Å². The number of hydrogen-bond acceptors (Lipinski definition) is 4. The molecule has 0 aliphatic rings. The molecule has 68 valence electrons. The molecule has 1 aromatic heterocycles. The van der Waals surface area contributed by atoms with Crippen molar-refractivity contribution in [3.8, 4) is 0 Å². The second-order valence-electron chi connectivity index (χ2n) is 3.35. The fourth-order valence-electron chi connectivity index (χ4n) is 0.570. The third-order valence-electron chi connectivity index (χ3n) is 1.07. The minimum atomic E-state index is -0.100. The summed E-state index contributed by atoms with van der Waals surface area (Å²) in [5, 5.41) is 8.79. The van der Waals surface area contributed by atoms with Crippen LogP contribution in [0, 0.1) is 3.01 Å². The lowest BCUT2D eigenvalue weighted by molar-refractivity contribution is -0.0152. The third-order valence-corrected chi connectivity index (χ3v) is 2.63. The molecule has 1 aromatic rings. The van der Waals surface area contributed by atoms with Crippen LogP contribution in [0.15, 0.2) is 0 Å². The maximum absolute atomic E-state index is 5.53. The van der Waals surface area contributed by atoms with E-state index in [9.17, 15) is 0 Å². The van der Waals surface area contributed by atoms with Gasteiger partial charge in [-0.15, -0.1) is 10.2 Å². The SMILES string of the molecule is CC(C)(C)OCc1nnc(I)s1. The molecule has 0 bridgehead atoms. The van der Waals surface area contributed by atoms with Crippen LogP contribution in [-0.2, 0) is 11.3 Å². The van der Waals surface area contributed by atoms with E-state index in [1.807, 2.05) is 20.8 Å². The van der Waals surface area contributed by atoms with Gasteiger partial charge in [0, 0.05) is 0 Å². The Bertz CT molecular complexity index is 256. The van der Waals surface area contributed by atoms with Crippen molar-refractivity contribution in [1.29, 1.82) is 0 Å². The van der Waals surface area contributed by atoms with Gasteiger partial charge < -0.3 is 4.74 Å². The summed E-state index contributed by atoms with van der Waals surface area (Å²) in [6, 6.07) is 0. The Labute approximate surface area is 89.7 Å². The van der Waals surface area contributed by atoms with Gasteiger partial charge in [-0.3, -0.25) is 0 Å². The van der Waals surface area contributed by atoms with Crippen molar-refractivity contribution in [3.05, 3.63) is 8.02 Å². The molecule has 0 radical (unpaired) electrons. The number of aromatic nitrogens is 2. The van der Waals surface area contributed by atoms with Crippen LogP contribution in [0.5, 0.6) is 0 Å². The van der Waals surface area contributed by atoms with Gasteiger partial charge in [-0.1, -0.05) is 11.3 Å². The highest BCUT2D eigenvalue weighted by atomic mass is 127. The largest absolute Gasteiger partial charge is 0.369 e. The van der Waals surface area contributed by atoms with E-state index >= 15 is 0 Å². The molecule has 0 unspecified atom stereocenters. The molecule has 0 amide bonds. The molecule has 0 saturated carbocycles. The number of nitrogens with zero attached hydrogens (tertiary/aromatic N) is 2. The number of halogens is 1. The monoisotopic (exact) mass is 298 g/mol. The van der Waals surface area contributed by atoms with E-state index < -0.39 is 0 Å². The van der Waals surface area contributed by atoms with Gasteiger partial charge in [0.15, 0.2) is 3.01 Å². The summed E-state index contributed by atoms with van der Waals surface area (Å²) < 4.78 is 6.49. The summed E-state index contributed by atoms with van der Waals surface area (Å²) >= 11 is 3.72. The minimum absolute atomic E-state index is 0.100. The lowest BCUT2D eigenvalue weighted by atomic mass is 10.2. The summed E-state index contributed by atoms with van der Waals surface area (Å²) in [6.07, 6.45) is 0. The van der Waals surface area contributed by atoms with Crippen molar-refractivity contribution in [2.45, 2.75) is 33.0 Å². The molecule has 0 fully saturated rings. The maximum atomic E-state index is 5.53. The van der Waals surface area contributed by atoms with E-state index in [4.69, 9.17) is 4.74 Å². The predicted molar refractivity (Wildman–Crippen MR) is 57.2 cm³/mol. The van der Waals surface area contributed by atoms with Crippen molar-refractivity contribution in [1.82, 2.24) is 10.2 Å². The van der Waals surface area contributed by atoms with Gasteiger partial charge in [0.25, 0.3) is 0 Å². The number of hydrogen-bond donors (Lipinski definition) is 0. The third kappa shape index (κ3) is 3.77. The Balaban J connectivity index is 2.44. The summed E-state index contributed by atoms with van der Waals surface area (Å²) in [4.78, 5) is 0. The van der Waals surface area contributed by atoms with Crippen LogP contribution >= 0.6 is 33.9 Å². The molecular weight excluding hydrogens is 287 g/mol. The lowest BCUT2D eigenvalue weighted by Gasteiger charge is -2.17. The highest BCUT2D eigenvalue weighted by Crippen LogP contribution is 2.16. The maximum Gasteiger partial charge on any atom is 0.178 e. The minimum Gasteiger partial charge on any atom is -0.369 e. The molecule has 0 aromatic carbocycles. The first-order chi connectivity index (χ1) is 5.47. The second-order valence-corrected chi connectivity index (χ2v) is 6.17. The summed E-state index contributed by atoms with van der Waals surface area (Å²) in [7, 11) is 0. The predicted octanol–water partition coefficient (Wildman–Crippen LogP) is 2.46. The molecule has 1 heterocycles. The Morgan fingerprint density at radius 3 is 2.50 bits per heavy atom. The van der Waals surface area contributed by atoms with Crippen LogP contribution in [-0.4, -0.2) is 15.8 Å². The van der Waals surface area contributed by atoms with Crippen LogP contribution in [0.4, 0.5) is 0 Å². The molecule has 3 nitrogen and oxygen atoms in total. The normalized spacial score (nSPS) is 12.0. The van der Waals surface area contributed by atoms with E-state index in [1.54, 1.807) is 11.3 Å². The van der Waals surface area contributed by atoms with Crippen molar-refractivity contribution < 1.29 is 4.74 Å². The Morgan fingerprint density at radius 2 is 2.08 bits per heavy atom. The molecule has 5 heteroatoms. The summed E-state index contributed by atoms with van der Waals surface area (Å²) in [6.45, 7) is 6.64. The van der Waals surface area contributed by atoms with Crippen molar-refractivity contribution in [3.63, 3.8) is 0 Å². The average Bonchev–Trinajstić information content (AvgIpc) is 2.30. The van der Waals surface area contributed by atoms with E-state index in [1.165, 1.54) is 0 Å². The highest BCUT2D eigenvalue weighted by Gasteiger charge is 2.11. The Morgan fingerprint density at radius 1 is 1.42 bits per heavy atom. The Kier molecular flexibility index (Phi) is 3.42. The quantitative estimate of drug-likeness (QED) is 0.787. The van der Waals surface area contributed by atoms with Crippen molar-refractivity contribution in [2.75, 3.05) is 0 Å². The van der Waals surface area contributed by atoms with Crippen LogP contribution in [0.2, 0.25) is 0 Å². The van der Waals surface area contributed by atoms with E-state index in [2.05, 4.69) is 32.8 Å². The van der Waals surface area contributed by atoms with Crippen molar-refractivity contribution in [2.24, 2.45) is 0 Å². The molecular formula is C7H11IN2OS. The molecule has 0 atom stereocenters. The van der Waals surface area contributed by atoms with Crippen LogP contribution < -0.4 is 0 Å². The summed E-state index contributed by atoms with van der Waals surface area (Å²) in [5.74, 6) is 0. The first-order valence-corrected chi connectivity index (χ1v) is 5.49. The highest BCUT2D eigenvalue weighted by molar-refractivity contribution is 14.1. The molecule has 12 heavy (non-hydrogen) atoms. The smallest absolute Gasteiger partial charge is 0.178 e. The average molecular weight is 298 g/mol. The van der Waals surface area contributed by atoms with E-state index in [0.717, 1.165) is 8.02 Å². The van der Waals surface area contributed by atoms with Crippen molar-refractivity contribution >= 4 is 33.9 Å². The molecule has 0 N–H and O–H groups in total. The van der Waals surface area contributed by atoms with E-state index in [0.29, 0.717) is 6.61 Å². The van der Waals surface area contributed by atoms with Gasteiger partial charge in [-0.05, 0) is 43.4 Å². The fraction of sp³-hybridized carbons (Fsp3) is 0.714. The molecule has 0 saturated heterocycles. The number of rotatable bonds is 2. The Hall–Kier alpha value is 0.250. The zero-order valence-corrected chi connectivity index (χ0v) is 10.3. The first-order valence-electron chi connectivity index (χ1n) is 3.59. The summed E-state index contributed by atoms with van der Waals surface area (Å²) in [5.41, 5.74) is -0.100. The van der Waals surface area contributed by atoms with Crippen LogP contribution in [0.3, 0.4) is 0 Å². The molecule has 0 aliphatic heterocycles. The molecule has 1 rings (SSSR count). The van der Waals surface area contributed by atoms with E-state index in [-0.39, 0.29) is 5.60 Å². The molecule has 0 aliphatic carbocycles. The zero-order valence-electron chi connectivity index (χ0n) is 7.30. The van der Waals surface area contributed by atoms with Gasteiger partial charge in [0.1, 0.15) is 11.6 Å². The zero-order chi connectivity index (χ0) is 9.19.